The third kappa shape index (κ3) is 2.71. The van der Waals surface area contributed by atoms with Gasteiger partial charge in [-0.2, -0.15) is 0 Å². The summed E-state index contributed by atoms with van der Waals surface area (Å²) in [5.41, 5.74) is 0.640. The number of para-hydroxylation sites is 1. The highest BCUT2D eigenvalue weighted by Gasteiger charge is 2.28. The molecule has 3 rings (SSSR count). The molecule has 0 bridgehead atoms. The summed E-state index contributed by atoms with van der Waals surface area (Å²) in [5, 5.41) is 10.5. The average molecular weight is 287 g/mol. The monoisotopic (exact) mass is 287 g/mol. The van der Waals surface area contributed by atoms with Gasteiger partial charge in [0.25, 0.3) is 5.56 Å². The third-order valence-electron chi connectivity index (χ3n) is 4.47. The number of aliphatic hydroxyl groups is 1. The fourth-order valence-corrected chi connectivity index (χ4v) is 2.99. The van der Waals surface area contributed by atoms with Crippen LogP contribution in [0.3, 0.4) is 0 Å². The largest absolute Gasteiger partial charge is 0.393 e. The molecular weight excluding hydrogens is 266 g/mol. The number of likely N-dealkylation sites (tertiary alicyclic amines) is 1. The normalized spacial score (nSPS) is 25.1. The average Bonchev–Trinajstić information content (AvgIpc) is 2.49. The topological polar surface area (TPSA) is 69.2 Å². The first kappa shape index (κ1) is 14.2. The zero-order valence-corrected chi connectivity index (χ0v) is 12.4. The number of fused-ring (bicyclic) bond motifs is 1. The molecule has 2 heterocycles. The minimum atomic E-state index is -0.225. The molecular formula is C16H21N3O2. The lowest BCUT2D eigenvalue weighted by molar-refractivity contribution is 0.0184. The molecule has 1 saturated heterocycles. The van der Waals surface area contributed by atoms with Crippen LogP contribution >= 0.6 is 0 Å². The zero-order valence-electron chi connectivity index (χ0n) is 12.4. The molecule has 1 aromatic carbocycles. The second-order valence-corrected chi connectivity index (χ2v) is 5.97. The van der Waals surface area contributed by atoms with Gasteiger partial charge in [0.1, 0.15) is 5.82 Å². The summed E-state index contributed by atoms with van der Waals surface area (Å²) < 4.78 is 0. The van der Waals surface area contributed by atoms with Crippen LogP contribution in [0, 0.1) is 5.92 Å². The van der Waals surface area contributed by atoms with Crippen molar-refractivity contribution in [3.05, 3.63) is 40.4 Å². The van der Waals surface area contributed by atoms with E-state index in [1.165, 1.54) is 0 Å². The van der Waals surface area contributed by atoms with Gasteiger partial charge < -0.3 is 10.1 Å². The predicted octanol–water partition coefficient (Wildman–Crippen LogP) is 1.69. The highest BCUT2D eigenvalue weighted by molar-refractivity contribution is 5.77. The van der Waals surface area contributed by atoms with Gasteiger partial charge in [-0.25, -0.2) is 4.98 Å². The number of aromatic amines is 1. The second kappa shape index (κ2) is 5.58. The van der Waals surface area contributed by atoms with Crippen molar-refractivity contribution in [3.8, 4) is 0 Å². The first-order valence-corrected chi connectivity index (χ1v) is 7.47. The Kier molecular flexibility index (Phi) is 3.78. The third-order valence-corrected chi connectivity index (χ3v) is 4.47. The number of rotatable bonds is 2. The lowest BCUT2D eigenvalue weighted by Crippen LogP contribution is -2.43. The Morgan fingerprint density at radius 3 is 2.95 bits per heavy atom. The molecule has 0 radical (unpaired) electrons. The number of H-pyrrole nitrogens is 1. The summed E-state index contributed by atoms with van der Waals surface area (Å²) in [6.45, 7) is 5.75. The summed E-state index contributed by atoms with van der Waals surface area (Å²) in [6, 6.07) is 7.42. The van der Waals surface area contributed by atoms with Crippen molar-refractivity contribution in [2.45, 2.75) is 32.4 Å². The summed E-state index contributed by atoms with van der Waals surface area (Å²) in [7, 11) is 0. The SMILES string of the molecule is CC1CN(C(C)c2nc3ccccc3c(=O)[nH]2)CCC1O. The number of aliphatic hydroxyl groups excluding tert-OH is 1. The van der Waals surface area contributed by atoms with Crippen LogP contribution < -0.4 is 5.56 Å². The van der Waals surface area contributed by atoms with Gasteiger partial charge >= 0.3 is 0 Å². The molecule has 3 unspecified atom stereocenters. The van der Waals surface area contributed by atoms with Gasteiger partial charge in [0, 0.05) is 13.1 Å². The van der Waals surface area contributed by atoms with Gasteiger partial charge in [-0.15, -0.1) is 0 Å². The van der Waals surface area contributed by atoms with Gasteiger partial charge in [-0.3, -0.25) is 9.69 Å². The van der Waals surface area contributed by atoms with Crippen molar-refractivity contribution < 1.29 is 5.11 Å². The Balaban J connectivity index is 1.91. The first-order chi connectivity index (χ1) is 10.1. The maximum absolute atomic E-state index is 12.1. The summed E-state index contributed by atoms with van der Waals surface area (Å²) in [6.07, 6.45) is 0.542. The summed E-state index contributed by atoms with van der Waals surface area (Å²) >= 11 is 0. The molecule has 0 aliphatic carbocycles. The standard InChI is InChI=1S/C16H21N3O2/c1-10-9-19(8-7-14(10)20)11(2)15-17-13-6-4-3-5-12(13)16(21)18-15/h3-6,10-11,14,20H,7-9H2,1-2H3,(H,17,18,21). The molecule has 5 heteroatoms. The van der Waals surface area contributed by atoms with Crippen molar-refractivity contribution in [3.63, 3.8) is 0 Å². The van der Waals surface area contributed by atoms with Crippen LogP contribution in [0.4, 0.5) is 0 Å². The van der Waals surface area contributed by atoms with Gasteiger partial charge in [-0.05, 0) is 31.4 Å². The van der Waals surface area contributed by atoms with Gasteiger partial charge in [0.15, 0.2) is 0 Å². The van der Waals surface area contributed by atoms with Crippen LogP contribution in [0.1, 0.15) is 32.1 Å². The van der Waals surface area contributed by atoms with E-state index in [4.69, 9.17) is 0 Å². The van der Waals surface area contributed by atoms with E-state index in [-0.39, 0.29) is 23.6 Å². The minimum absolute atomic E-state index is 0.0391. The van der Waals surface area contributed by atoms with E-state index < -0.39 is 0 Å². The van der Waals surface area contributed by atoms with Crippen molar-refractivity contribution in [2.75, 3.05) is 13.1 Å². The van der Waals surface area contributed by atoms with Crippen molar-refractivity contribution in [1.82, 2.24) is 14.9 Å². The van der Waals surface area contributed by atoms with Crippen molar-refractivity contribution in [1.29, 1.82) is 0 Å². The number of benzene rings is 1. The van der Waals surface area contributed by atoms with Gasteiger partial charge in [0.05, 0.1) is 23.0 Å². The minimum Gasteiger partial charge on any atom is -0.393 e. The van der Waals surface area contributed by atoms with Gasteiger partial charge in [0.2, 0.25) is 0 Å². The van der Waals surface area contributed by atoms with Crippen LogP contribution in [0.15, 0.2) is 29.1 Å². The molecule has 21 heavy (non-hydrogen) atoms. The smallest absolute Gasteiger partial charge is 0.258 e. The summed E-state index contributed by atoms with van der Waals surface area (Å²) in [4.78, 5) is 21.9. The van der Waals surface area contributed by atoms with E-state index >= 15 is 0 Å². The van der Waals surface area contributed by atoms with Crippen LogP contribution in [0.2, 0.25) is 0 Å². The van der Waals surface area contributed by atoms with Gasteiger partial charge in [-0.1, -0.05) is 19.1 Å². The second-order valence-electron chi connectivity index (χ2n) is 5.97. The molecule has 0 spiro atoms. The molecule has 2 aromatic rings. The molecule has 2 N–H and O–H groups in total. The van der Waals surface area contributed by atoms with Crippen LogP contribution in [-0.4, -0.2) is 39.2 Å². The van der Waals surface area contributed by atoms with Crippen molar-refractivity contribution >= 4 is 10.9 Å². The maximum atomic E-state index is 12.1. The quantitative estimate of drug-likeness (QED) is 0.882. The Morgan fingerprint density at radius 2 is 2.19 bits per heavy atom. The molecule has 0 saturated carbocycles. The molecule has 0 amide bonds. The fraction of sp³-hybridized carbons (Fsp3) is 0.500. The summed E-state index contributed by atoms with van der Waals surface area (Å²) in [5.74, 6) is 0.940. The van der Waals surface area contributed by atoms with E-state index in [2.05, 4.69) is 28.7 Å². The maximum Gasteiger partial charge on any atom is 0.258 e. The zero-order chi connectivity index (χ0) is 15.0. The van der Waals surface area contributed by atoms with Crippen molar-refractivity contribution in [2.24, 2.45) is 5.92 Å². The van der Waals surface area contributed by atoms with E-state index in [0.717, 1.165) is 25.0 Å². The Hall–Kier alpha value is -1.72. The fourth-order valence-electron chi connectivity index (χ4n) is 2.99. The lowest BCUT2D eigenvalue weighted by Gasteiger charge is -2.37. The number of nitrogens with zero attached hydrogens (tertiary/aromatic N) is 2. The number of piperidine rings is 1. The molecule has 5 nitrogen and oxygen atoms in total. The Labute approximate surface area is 123 Å². The number of hydrogen-bond donors (Lipinski definition) is 2. The van der Waals surface area contributed by atoms with Crippen LogP contribution in [0.25, 0.3) is 10.9 Å². The Morgan fingerprint density at radius 1 is 1.43 bits per heavy atom. The molecule has 1 aliphatic rings. The molecule has 3 atom stereocenters. The van der Waals surface area contributed by atoms with E-state index in [9.17, 15) is 9.90 Å². The van der Waals surface area contributed by atoms with E-state index in [1.807, 2.05) is 18.2 Å². The molecule has 1 aromatic heterocycles. The predicted molar refractivity (Wildman–Crippen MR) is 82.1 cm³/mol. The number of aromatic nitrogens is 2. The number of hydrogen-bond acceptors (Lipinski definition) is 4. The molecule has 1 aliphatic heterocycles. The lowest BCUT2D eigenvalue weighted by atomic mass is 9.95. The highest BCUT2D eigenvalue weighted by Crippen LogP contribution is 2.25. The number of nitrogens with one attached hydrogen (secondary N) is 1. The van der Waals surface area contributed by atoms with Crippen LogP contribution in [0.5, 0.6) is 0 Å². The van der Waals surface area contributed by atoms with E-state index in [0.29, 0.717) is 11.2 Å². The molecule has 1 fully saturated rings. The molecule has 112 valence electrons. The van der Waals surface area contributed by atoms with Crippen LogP contribution in [-0.2, 0) is 0 Å². The highest BCUT2D eigenvalue weighted by atomic mass is 16.3. The Bertz CT molecular complexity index is 697. The first-order valence-electron chi connectivity index (χ1n) is 7.47. The van der Waals surface area contributed by atoms with E-state index in [1.54, 1.807) is 6.07 Å².